The second-order valence-corrected chi connectivity index (χ2v) is 7.16. The molecule has 0 unspecified atom stereocenters. The number of aromatic nitrogens is 4. The molecule has 1 aliphatic carbocycles. The maximum Gasteiger partial charge on any atom is 0.316 e. The number of anilines is 1. The van der Waals surface area contributed by atoms with Gasteiger partial charge in [0.2, 0.25) is 0 Å². The summed E-state index contributed by atoms with van der Waals surface area (Å²) < 4.78 is 21.2. The molecule has 2 aromatic heterocycles. The minimum absolute atomic E-state index is 0.266. The molecule has 0 radical (unpaired) electrons. The predicted octanol–water partition coefficient (Wildman–Crippen LogP) is 2.99. The third-order valence-corrected chi connectivity index (χ3v) is 5.43. The molecule has 1 aliphatic rings. The van der Waals surface area contributed by atoms with Gasteiger partial charge >= 0.3 is 5.97 Å². The van der Waals surface area contributed by atoms with Crippen molar-refractivity contribution in [1.29, 1.82) is 0 Å². The van der Waals surface area contributed by atoms with E-state index in [-0.39, 0.29) is 18.4 Å². The fourth-order valence-electron chi connectivity index (χ4n) is 3.98. The van der Waals surface area contributed by atoms with E-state index >= 15 is 0 Å². The lowest BCUT2D eigenvalue weighted by Gasteiger charge is -2.27. The summed E-state index contributed by atoms with van der Waals surface area (Å²) >= 11 is 0. The highest BCUT2D eigenvalue weighted by Crippen LogP contribution is 2.42. The summed E-state index contributed by atoms with van der Waals surface area (Å²) in [5.74, 6) is -0.254. The molecule has 28 heavy (non-hydrogen) atoms. The van der Waals surface area contributed by atoms with Gasteiger partial charge < -0.3 is 15.0 Å². The van der Waals surface area contributed by atoms with Crippen molar-refractivity contribution in [1.82, 2.24) is 19.5 Å². The van der Waals surface area contributed by atoms with Crippen molar-refractivity contribution in [2.45, 2.75) is 44.1 Å². The first-order chi connectivity index (χ1) is 13.6. The maximum absolute atomic E-state index is 13.7. The lowest BCUT2D eigenvalue weighted by Crippen LogP contribution is -2.35. The first-order valence-corrected chi connectivity index (χ1v) is 9.45. The smallest absolute Gasteiger partial charge is 0.316 e. The molecule has 8 heteroatoms. The number of imidazole rings is 1. The monoisotopic (exact) mass is 383 g/mol. The molecular formula is C20H22FN5O2. The van der Waals surface area contributed by atoms with Gasteiger partial charge in [-0.25, -0.2) is 19.3 Å². The predicted molar refractivity (Wildman–Crippen MR) is 102 cm³/mol. The Hall–Kier alpha value is -3.03. The van der Waals surface area contributed by atoms with Gasteiger partial charge in [-0.3, -0.25) is 4.79 Å². The van der Waals surface area contributed by atoms with Crippen molar-refractivity contribution < 1.29 is 13.9 Å². The average Bonchev–Trinajstić information content (AvgIpc) is 3.34. The zero-order chi connectivity index (χ0) is 19.6. The molecule has 7 nitrogen and oxygen atoms in total. The fraction of sp³-hybridized carbons (Fsp3) is 0.400. The van der Waals surface area contributed by atoms with Crippen LogP contribution in [-0.2, 0) is 21.5 Å². The molecule has 0 amide bonds. The number of benzene rings is 1. The van der Waals surface area contributed by atoms with Crippen molar-refractivity contribution in [2.75, 3.05) is 12.3 Å². The van der Waals surface area contributed by atoms with E-state index < -0.39 is 5.41 Å². The first kappa shape index (κ1) is 18.3. The van der Waals surface area contributed by atoms with Gasteiger partial charge in [0.25, 0.3) is 0 Å². The van der Waals surface area contributed by atoms with E-state index in [1.165, 1.54) is 18.5 Å². The Labute approximate surface area is 161 Å². The summed E-state index contributed by atoms with van der Waals surface area (Å²) in [6, 6.07) is 6.31. The van der Waals surface area contributed by atoms with Gasteiger partial charge in [0.15, 0.2) is 11.5 Å². The molecule has 4 rings (SSSR count). The van der Waals surface area contributed by atoms with Crippen LogP contribution in [0.4, 0.5) is 10.2 Å². The van der Waals surface area contributed by atoms with Crippen molar-refractivity contribution >= 4 is 23.0 Å². The van der Waals surface area contributed by atoms with Gasteiger partial charge in [0, 0.05) is 6.54 Å². The molecular weight excluding hydrogens is 361 g/mol. The van der Waals surface area contributed by atoms with Gasteiger partial charge in [-0.15, -0.1) is 0 Å². The zero-order valence-corrected chi connectivity index (χ0v) is 15.5. The molecule has 1 fully saturated rings. The largest absolute Gasteiger partial charge is 0.465 e. The minimum atomic E-state index is -0.731. The summed E-state index contributed by atoms with van der Waals surface area (Å²) in [7, 11) is 0. The van der Waals surface area contributed by atoms with Crippen LogP contribution in [0.2, 0.25) is 0 Å². The Morgan fingerprint density at radius 3 is 2.86 bits per heavy atom. The van der Waals surface area contributed by atoms with Crippen LogP contribution in [0.1, 0.15) is 37.7 Å². The standard InChI is InChI=1S/C20H22FN5O2/c21-15-6-3-5-14(11-15)20(7-1-2-8-20)19(27)28-10-4-9-26-13-25-16-17(22)23-12-24-18(16)26/h3,5-6,11-13H,1-2,4,7-10H2,(H2,22,23,24). The topological polar surface area (TPSA) is 95.9 Å². The average molecular weight is 383 g/mol. The van der Waals surface area contributed by atoms with Crippen LogP contribution in [0.15, 0.2) is 36.9 Å². The summed E-state index contributed by atoms with van der Waals surface area (Å²) in [6.45, 7) is 0.864. The van der Waals surface area contributed by atoms with Crippen LogP contribution >= 0.6 is 0 Å². The quantitative estimate of drug-likeness (QED) is 0.519. The Balaban J connectivity index is 1.40. The number of nitrogen functional groups attached to an aromatic ring is 1. The first-order valence-electron chi connectivity index (χ1n) is 9.45. The van der Waals surface area contributed by atoms with Gasteiger partial charge in [-0.2, -0.15) is 0 Å². The molecule has 3 aromatic rings. The highest BCUT2D eigenvalue weighted by atomic mass is 19.1. The number of fused-ring (bicyclic) bond motifs is 1. The lowest BCUT2D eigenvalue weighted by molar-refractivity contribution is -0.150. The van der Waals surface area contributed by atoms with Crippen LogP contribution < -0.4 is 5.73 Å². The number of ether oxygens (including phenoxy) is 1. The molecule has 146 valence electrons. The van der Waals surface area contributed by atoms with Crippen molar-refractivity contribution in [3.05, 3.63) is 48.3 Å². The number of halogens is 1. The Morgan fingerprint density at radius 1 is 1.25 bits per heavy atom. The van der Waals surface area contributed by atoms with Gasteiger partial charge in [0.1, 0.15) is 17.7 Å². The molecule has 1 saturated carbocycles. The van der Waals surface area contributed by atoms with E-state index in [9.17, 15) is 9.18 Å². The van der Waals surface area contributed by atoms with Crippen LogP contribution in [0, 0.1) is 5.82 Å². The van der Waals surface area contributed by atoms with E-state index in [0.717, 1.165) is 12.8 Å². The molecule has 0 atom stereocenters. The normalized spacial score (nSPS) is 15.8. The minimum Gasteiger partial charge on any atom is -0.465 e. The molecule has 0 aliphatic heterocycles. The highest BCUT2D eigenvalue weighted by Gasteiger charge is 2.44. The Bertz CT molecular complexity index is 997. The van der Waals surface area contributed by atoms with Crippen LogP contribution in [-0.4, -0.2) is 32.1 Å². The maximum atomic E-state index is 13.7. The second-order valence-electron chi connectivity index (χ2n) is 7.16. The van der Waals surface area contributed by atoms with Crippen molar-refractivity contribution in [2.24, 2.45) is 0 Å². The van der Waals surface area contributed by atoms with E-state index in [4.69, 9.17) is 10.5 Å². The number of nitrogens with two attached hydrogens (primary N) is 1. The van der Waals surface area contributed by atoms with E-state index in [1.807, 2.05) is 10.6 Å². The number of nitrogens with zero attached hydrogens (tertiary/aromatic N) is 4. The van der Waals surface area contributed by atoms with E-state index in [0.29, 0.717) is 48.4 Å². The summed E-state index contributed by atoms with van der Waals surface area (Å²) in [5, 5.41) is 0. The Kier molecular flexibility index (Phi) is 4.93. The summed E-state index contributed by atoms with van der Waals surface area (Å²) in [5.41, 5.74) is 7.00. The number of carbonyl (C=O) groups excluding carboxylic acids is 1. The lowest BCUT2D eigenvalue weighted by atomic mass is 9.79. The third-order valence-electron chi connectivity index (χ3n) is 5.43. The molecule has 0 bridgehead atoms. The molecule has 2 heterocycles. The summed E-state index contributed by atoms with van der Waals surface area (Å²) in [4.78, 5) is 25.2. The SMILES string of the molecule is Nc1ncnc2c1ncn2CCCOC(=O)C1(c2cccc(F)c2)CCCC1. The number of hydrogen-bond donors (Lipinski definition) is 1. The molecule has 0 saturated heterocycles. The van der Waals surface area contributed by atoms with Gasteiger partial charge in [-0.05, 0) is 37.0 Å². The second kappa shape index (κ2) is 7.53. The van der Waals surface area contributed by atoms with Crippen LogP contribution in [0.3, 0.4) is 0 Å². The number of rotatable bonds is 6. The van der Waals surface area contributed by atoms with Crippen LogP contribution in [0.5, 0.6) is 0 Å². The Morgan fingerprint density at radius 2 is 2.07 bits per heavy atom. The fourth-order valence-corrected chi connectivity index (χ4v) is 3.98. The van der Waals surface area contributed by atoms with Crippen LogP contribution in [0.25, 0.3) is 11.2 Å². The van der Waals surface area contributed by atoms with Crippen molar-refractivity contribution in [3.63, 3.8) is 0 Å². The third kappa shape index (κ3) is 3.30. The number of aryl methyl sites for hydroxylation is 1. The van der Waals surface area contributed by atoms with Crippen molar-refractivity contribution in [3.8, 4) is 0 Å². The number of carbonyl (C=O) groups is 1. The van der Waals surface area contributed by atoms with E-state index in [2.05, 4.69) is 15.0 Å². The molecule has 2 N–H and O–H groups in total. The number of hydrogen-bond acceptors (Lipinski definition) is 6. The van der Waals surface area contributed by atoms with Gasteiger partial charge in [0.05, 0.1) is 18.3 Å². The van der Waals surface area contributed by atoms with Gasteiger partial charge in [-0.1, -0.05) is 25.0 Å². The highest BCUT2D eigenvalue weighted by molar-refractivity contribution is 5.83. The number of esters is 1. The molecule has 0 spiro atoms. The molecule has 1 aromatic carbocycles. The summed E-state index contributed by atoms with van der Waals surface area (Å²) in [6.07, 6.45) is 6.93. The van der Waals surface area contributed by atoms with E-state index in [1.54, 1.807) is 12.4 Å². The zero-order valence-electron chi connectivity index (χ0n) is 15.5.